The van der Waals surface area contributed by atoms with Crippen molar-refractivity contribution in [1.29, 1.82) is 0 Å². The van der Waals surface area contributed by atoms with E-state index in [1.807, 2.05) is 12.1 Å². The quantitative estimate of drug-likeness (QED) is 0.892. The smallest absolute Gasteiger partial charge is 0.389 e. The minimum atomic E-state index is -4.44. The molecule has 1 aromatic carbocycles. The van der Waals surface area contributed by atoms with Crippen LogP contribution in [0.2, 0.25) is 0 Å². The van der Waals surface area contributed by atoms with E-state index < -0.39 is 17.5 Å². The molecular weight excluding hydrogens is 295 g/mol. The van der Waals surface area contributed by atoms with Gasteiger partial charge in [-0.05, 0) is 37.6 Å². The molecule has 2 aromatic rings. The minimum Gasteiger partial charge on any atom is -0.389 e. The molecule has 0 aliphatic carbocycles. The number of aromatic nitrogens is 2. The molecule has 0 unspecified atom stereocenters. The molecule has 0 fully saturated rings. The largest absolute Gasteiger partial charge is 0.435 e. The topological polar surface area (TPSA) is 50.1 Å². The number of rotatable bonds is 5. The Labute approximate surface area is 126 Å². The first-order valence-electron chi connectivity index (χ1n) is 6.80. The summed E-state index contributed by atoms with van der Waals surface area (Å²) in [4.78, 5) is 0. The van der Waals surface area contributed by atoms with E-state index in [0.29, 0.717) is 18.8 Å². The van der Waals surface area contributed by atoms with Crippen molar-refractivity contribution in [2.24, 2.45) is 0 Å². The number of benzene rings is 1. The molecule has 0 aliphatic rings. The Morgan fingerprint density at radius 3 is 2.27 bits per heavy atom. The highest BCUT2D eigenvalue weighted by Crippen LogP contribution is 2.27. The first-order valence-corrected chi connectivity index (χ1v) is 6.80. The molecule has 0 saturated carbocycles. The second-order valence-corrected chi connectivity index (χ2v) is 5.73. The van der Waals surface area contributed by atoms with E-state index in [0.717, 1.165) is 11.6 Å². The van der Waals surface area contributed by atoms with Gasteiger partial charge in [0, 0.05) is 19.3 Å². The van der Waals surface area contributed by atoms with Gasteiger partial charge >= 0.3 is 6.18 Å². The fourth-order valence-corrected chi connectivity index (χ4v) is 1.90. The van der Waals surface area contributed by atoms with E-state index >= 15 is 0 Å². The van der Waals surface area contributed by atoms with Crippen LogP contribution in [0.25, 0.3) is 5.69 Å². The molecule has 7 heteroatoms. The number of hydrogen-bond donors (Lipinski definition) is 2. The van der Waals surface area contributed by atoms with Gasteiger partial charge in [-0.3, -0.25) is 0 Å². The normalized spacial score (nSPS) is 12.6. The third-order valence-corrected chi connectivity index (χ3v) is 2.97. The maximum absolute atomic E-state index is 12.5. The fourth-order valence-electron chi connectivity index (χ4n) is 1.90. The van der Waals surface area contributed by atoms with Crippen molar-refractivity contribution in [3.8, 4) is 5.69 Å². The van der Waals surface area contributed by atoms with Crippen molar-refractivity contribution in [1.82, 2.24) is 15.1 Å². The number of alkyl halides is 3. The van der Waals surface area contributed by atoms with Crippen LogP contribution in [0.15, 0.2) is 36.5 Å². The van der Waals surface area contributed by atoms with Crippen LogP contribution in [0.5, 0.6) is 0 Å². The molecule has 1 aromatic heterocycles. The molecule has 2 N–H and O–H groups in total. The van der Waals surface area contributed by atoms with Crippen LogP contribution >= 0.6 is 0 Å². The summed E-state index contributed by atoms with van der Waals surface area (Å²) in [5.41, 5.74) is -0.176. The number of aliphatic hydroxyl groups is 1. The van der Waals surface area contributed by atoms with Crippen LogP contribution in [-0.2, 0) is 12.7 Å². The Bertz CT molecular complexity index is 612. The van der Waals surface area contributed by atoms with E-state index in [1.165, 1.54) is 10.9 Å². The Morgan fingerprint density at radius 2 is 1.77 bits per heavy atom. The second-order valence-electron chi connectivity index (χ2n) is 5.73. The zero-order valence-corrected chi connectivity index (χ0v) is 12.4. The van der Waals surface area contributed by atoms with E-state index in [1.54, 1.807) is 26.0 Å². The molecule has 0 atom stereocenters. The predicted molar refractivity (Wildman–Crippen MR) is 76.6 cm³/mol. The van der Waals surface area contributed by atoms with Gasteiger partial charge in [-0.1, -0.05) is 12.1 Å². The first kappa shape index (κ1) is 16.5. The molecule has 0 saturated heterocycles. The van der Waals surface area contributed by atoms with Gasteiger partial charge in [-0.2, -0.15) is 18.3 Å². The Kier molecular flexibility index (Phi) is 4.58. The SMILES string of the molecule is CC(C)(O)CNCc1ccc(-n2ccc(C(F)(F)F)n2)cc1. The van der Waals surface area contributed by atoms with Crippen molar-refractivity contribution < 1.29 is 18.3 Å². The minimum absolute atomic E-state index is 0.447. The molecule has 22 heavy (non-hydrogen) atoms. The monoisotopic (exact) mass is 313 g/mol. The summed E-state index contributed by atoms with van der Waals surface area (Å²) in [7, 11) is 0. The maximum Gasteiger partial charge on any atom is 0.435 e. The standard InChI is InChI=1S/C15H18F3N3O/c1-14(2,22)10-19-9-11-3-5-12(6-4-11)21-8-7-13(20-21)15(16,17)18/h3-8,19,22H,9-10H2,1-2H3. The van der Waals surface area contributed by atoms with Crippen LogP contribution in [0, 0.1) is 0 Å². The highest BCUT2D eigenvalue weighted by molar-refractivity contribution is 5.34. The summed E-state index contributed by atoms with van der Waals surface area (Å²) >= 11 is 0. The summed E-state index contributed by atoms with van der Waals surface area (Å²) < 4.78 is 38.7. The van der Waals surface area contributed by atoms with Crippen LogP contribution in [-0.4, -0.2) is 27.0 Å². The van der Waals surface area contributed by atoms with Crippen LogP contribution in [0.1, 0.15) is 25.1 Å². The molecule has 120 valence electrons. The maximum atomic E-state index is 12.5. The average molecular weight is 313 g/mol. The number of nitrogens with zero attached hydrogens (tertiary/aromatic N) is 2. The molecule has 0 aliphatic heterocycles. The summed E-state index contributed by atoms with van der Waals surface area (Å²) in [5.74, 6) is 0. The number of nitrogens with one attached hydrogen (secondary N) is 1. The lowest BCUT2D eigenvalue weighted by Gasteiger charge is -2.17. The van der Waals surface area contributed by atoms with Crippen LogP contribution in [0.4, 0.5) is 13.2 Å². The van der Waals surface area contributed by atoms with Gasteiger partial charge < -0.3 is 10.4 Å². The van der Waals surface area contributed by atoms with Gasteiger partial charge in [0.25, 0.3) is 0 Å². The number of halogens is 3. The Hall–Kier alpha value is -1.86. The van der Waals surface area contributed by atoms with Gasteiger partial charge in [0.05, 0.1) is 11.3 Å². The fraction of sp³-hybridized carbons (Fsp3) is 0.400. The first-order chi connectivity index (χ1) is 10.1. The lowest BCUT2D eigenvalue weighted by Crippen LogP contribution is -2.34. The molecule has 0 radical (unpaired) electrons. The summed E-state index contributed by atoms with van der Waals surface area (Å²) in [6.45, 7) is 4.43. The molecule has 0 bridgehead atoms. The third-order valence-electron chi connectivity index (χ3n) is 2.97. The molecule has 2 rings (SSSR count). The van der Waals surface area contributed by atoms with E-state index in [9.17, 15) is 18.3 Å². The highest BCUT2D eigenvalue weighted by atomic mass is 19.4. The average Bonchev–Trinajstić information content (AvgIpc) is 2.87. The van der Waals surface area contributed by atoms with E-state index in [-0.39, 0.29) is 0 Å². The van der Waals surface area contributed by atoms with Crippen molar-refractivity contribution in [3.05, 3.63) is 47.8 Å². The lowest BCUT2D eigenvalue weighted by atomic mass is 10.1. The van der Waals surface area contributed by atoms with Crippen LogP contribution < -0.4 is 5.32 Å². The predicted octanol–water partition coefficient (Wildman–Crippen LogP) is 2.75. The van der Waals surface area contributed by atoms with Gasteiger partial charge in [0.2, 0.25) is 0 Å². The highest BCUT2D eigenvalue weighted by Gasteiger charge is 2.33. The molecule has 0 amide bonds. The molecule has 0 spiro atoms. The Morgan fingerprint density at radius 1 is 1.14 bits per heavy atom. The summed E-state index contributed by atoms with van der Waals surface area (Å²) in [6, 6.07) is 7.96. The molecular formula is C15H18F3N3O. The Balaban J connectivity index is 2.01. The lowest BCUT2D eigenvalue weighted by molar-refractivity contribution is -0.141. The molecule has 1 heterocycles. The van der Waals surface area contributed by atoms with Gasteiger partial charge in [-0.15, -0.1) is 0 Å². The van der Waals surface area contributed by atoms with Crippen molar-refractivity contribution in [2.75, 3.05) is 6.54 Å². The van der Waals surface area contributed by atoms with Crippen molar-refractivity contribution in [2.45, 2.75) is 32.2 Å². The van der Waals surface area contributed by atoms with E-state index in [4.69, 9.17) is 0 Å². The van der Waals surface area contributed by atoms with Crippen LogP contribution in [0.3, 0.4) is 0 Å². The zero-order chi connectivity index (χ0) is 16.4. The molecule has 4 nitrogen and oxygen atoms in total. The third kappa shape index (κ3) is 4.57. The number of hydrogen-bond acceptors (Lipinski definition) is 3. The van der Waals surface area contributed by atoms with E-state index in [2.05, 4.69) is 10.4 Å². The summed E-state index contributed by atoms with van der Waals surface area (Å²) in [5, 5.41) is 16.2. The summed E-state index contributed by atoms with van der Waals surface area (Å²) in [6.07, 6.45) is -3.16. The van der Waals surface area contributed by atoms with Crippen molar-refractivity contribution >= 4 is 0 Å². The van der Waals surface area contributed by atoms with Gasteiger partial charge in [0.1, 0.15) is 0 Å². The second kappa shape index (κ2) is 6.10. The van der Waals surface area contributed by atoms with Gasteiger partial charge in [-0.25, -0.2) is 4.68 Å². The van der Waals surface area contributed by atoms with Crippen molar-refractivity contribution in [3.63, 3.8) is 0 Å². The zero-order valence-electron chi connectivity index (χ0n) is 12.4. The van der Waals surface area contributed by atoms with Gasteiger partial charge in [0.15, 0.2) is 5.69 Å².